The number of nitrogens with zero attached hydrogens (tertiary/aromatic N) is 1. The van der Waals surface area contributed by atoms with E-state index >= 15 is 0 Å². The maximum atomic E-state index is 6.20. The van der Waals surface area contributed by atoms with Crippen LogP contribution in [0.2, 0.25) is 0 Å². The number of nitrogens with one attached hydrogen (secondary N) is 2. The molecule has 1 aromatic carbocycles. The highest BCUT2D eigenvalue weighted by atomic mass is 16.5. The Balaban J connectivity index is 1.67. The van der Waals surface area contributed by atoms with Gasteiger partial charge in [0.1, 0.15) is 11.4 Å². The number of H-pyrrole nitrogens is 2. The van der Waals surface area contributed by atoms with Gasteiger partial charge < -0.3 is 14.7 Å². The summed E-state index contributed by atoms with van der Waals surface area (Å²) in [4.78, 5) is 11.7. The van der Waals surface area contributed by atoms with Crippen LogP contribution in [-0.2, 0) is 6.42 Å². The summed E-state index contributed by atoms with van der Waals surface area (Å²) in [6.07, 6.45) is 10.9. The normalized spacial score (nSPS) is 14.8. The number of para-hydroxylation sites is 1. The summed E-state index contributed by atoms with van der Waals surface area (Å²) >= 11 is 0. The van der Waals surface area contributed by atoms with Crippen molar-refractivity contribution in [2.75, 3.05) is 0 Å². The molecule has 0 bridgehead atoms. The van der Waals surface area contributed by atoms with Gasteiger partial charge in [-0.2, -0.15) is 0 Å². The van der Waals surface area contributed by atoms with Gasteiger partial charge in [0.2, 0.25) is 0 Å². The Morgan fingerprint density at radius 2 is 1.87 bits per heavy atom. The van der Waals surface area contributed by atoms with Gasteiger partial charge in [0, 0.05) is 23.7 Å². The first-order valence-electron chi connectivity index (χ1n) is 10.7. The van der Waals surface area contributed by atoms with Crippen LogP contribution in [0.5, 0.6) is 5.75 Å². The molecule has 2 N–H and O–H groups in total. The first-order chi connectivity index (χ1) is 14.7. The molecule has 0 saturated heterocycles. The van der Waals surface area contributed by atoms with Gasteiger partial charge >= 0.3 is 0 Å². The number of rotatable bonds is 8. The molecule has 30 heavy (non-hydrogen) atoms. The van der Waals surface area contributed by atoms with E-state index in [0.717, 1.165) is 40.7 Å². The summed E-state index contributed by atoms with van der Waals surface area (Å²) in [5, 5.41) is 0. The van der Waals surface area contributed by atoms with Crippen LogP contribution in [0, 0.1) is 13.8 Å². The van der Waals surface area contributed by atoms with E-state index in [2.05, 4.69) is 36.8 Å². The fourth-order valence-electron chi connectivity index (χ4n) is 3.87. The quantitative estimate of drug-likeness (QED) is 0.417. The van der Waals surface area contributed by atoms with E-state index in [1.807, 2.05) is 54.7 Å². The van der Waals surface area contributed by atoms with Crippen molar-refractivity contribution in [2.45, 2.75) is 46.5 Å². The lowest BCUT2D eigenvalue weighted by molar-refractivity contribution is 0.439. The molecule has 0 radical (unpaired) electrons. The SMILES string of the molecule is CCCCCc1c(C)[nH]c(/C=C2\N=C(c3ccc[nH]3)C=C2Oc2ccccc2)c1C. The lowest BCUT2D eigenvalue weighted by Crippen LogP contribution is -1.96. The summed E-state index contributed by atoms with van der Waals surface area (Å²) < 4.78 is 6.20. The smallest absolute Gasteiger partial charge is 0.155 e. The number of aromatic amines is 2. The number of aromatic nitrogens is 2. The predicted molar refractivity (Wildman–Crippen MR) is 124 cm³/mol. The third kappa shape index (κ3) is 4.33. The zero-order chi connectivity index (χ0) is 20.9. The highest BCUT2D eigenvalue weighted by Gasteiger charge is 2.20. The van der Waals surface area contributed by atoms with Crippen molar-refractivity contribution in [2.24, 2.45) is 4.99 Å². The van der Waals surface area contributed by atoms with E-state index in [1.165, 1.54) is 36.1 Å². The summed E-state index contributed by atoms with van der Waals surface area (Å²) in [7, 11) is 0. The fourth-order valence-corrected chi connectivity index (χ4v) is 3.87. The second-order valence-corrected chi connectivity index (χ2v) is 7.76. The Labute approximate surface area is 178 Å². The zero-order valence-corrected chi connectivity index (χ0v) is 18.0. The number of hydrogen-bond donors (Lipinski definition) is 2. The topological polar surface area (TPSA) is 53.2 Å². The van der Waals surface area contributed by atoms with Crippen LogP contribution in [0.3, 0.4) is 0 Å². The average Bonchev–Trinajstić information content (AvgIpc) is 3.46. The van der Waals surface area contributed by atoms with Gasteiger partial charge in [0.15, 0.2) is 5.76 Å². The number of unbranched alkanes of at least 4 members (excludes halogenated alkanes) is 2. The second-order valence-electron chi connectivity index (χ2n) is 7.76. The molecule has 0 aliphatic carbocycles. The number of aryl methyl sites for hydroxylation is 1. The van der Waals surface area contributed by atoms with Crippen molar-refractivity contribution in [1.82, 2.24) is 9.97 Å². The van der Waals surface area contributed by atoms with E-state index in [-0.39, 0.29) is 0 Å². The van der Waals surface area contributed by atoms with Gasteiger partial charge in [-0.15, -0.1) is 0 Å². The average molecular weight is 400 g/mol. The lowest BCUT2D eigenvalue weighted by atomic mass is 10.0. The van der Waals surface area contributed by atoms with Gasteiger partial charge in [-0.05, 0) is 68.2 Å². The van der Waals surface area contributed by atoms with Crippen molar-refractivity contribution in [3.63, 3.8) is 0 Å². The van der Waals surface area contributed by atoms with Crippen LogP contribution in [0.4, 0.5) is 0 Å². The maximum absolute atomic E-state index is 6.20. The third-order valence-corrected chi connectivity index (χ3v) is 5.55. The molecule has 0 atom stereocenters. The molecule has 0 saturated carbocycles. The summed E-state index contributed by atoms with van der Waals surface area (Å²) in [5.41, 5.74) is 7.76. The van der Waals surface area contributed by atoms with Gasteiger partial charge in [-0.3, -0.25) is 0 Å². The number of ether oxygens (including phenoxy) is 1. The van der Waals surface area contributed by atoms with Crippen LogP contribution >= 0.6 is 0 Å². The molecule has 3 aromatic rings. The summed E-state index contributed by atoms with van der Waals surface area (Å²) in [5.74, 6) is 1.56. The minimum Gasteiger partial charge on any atom is -0.455 e. The molecular weight excluding hydrogens is 370 g/mol. The number of aliphatic imine (C=N–C) groups is 1. The Kier molecular flexibility index (Phi) is 6.03. The van der Waals surface area contributed by atoms with Crippen LogP contribution in [0.15, 0.2) is 71.2 Å². The number of allylic oxidation sites excluding steroid dienone is 1. The van der Waals surface area contributed by atoms with Gasteiger partial charge in [0.05, 0.1) is 11.4 Å². The minimum absolute atomic E-state index is 0.755. The first kappa shape index (κ1) is 20.0. The first-order valence-corrected chi connectivity index (χ1v) is 10.7. The molecule has 3 heterocycles. The van der Waals surface area contributed by atoms with Crippen LogP contribution < -0.4 is 4.74 Å². The molecule has 1 aliphatic rings. The van der Waals surface area contributed by atoms with Crippen molar-refractivity contribution in [3.8, 4) is 5.75 Å². The molecule has 0 fully saturated rings. The van der Waals surface area contributed by atoms with E-state index in [1.54, 1.807) is 0 Å². The highest BCUT2D eigenvalue weighted by Crippen LogP contribution is 2.29. The van der Waals surface area contributed by atoms with Crippen molar-refractivity contribution in [1.29, 1.82) is 0 Å². The van der Waals surface area contributed by atoms with Gasteiger partial charge in [-0.1, -0.05) is 38.0 Å². The molecule has 4 rings (SSSR count). The zero-order valence-electron chi connectivity index (χ0n) is 18.0. The lowest BCUT2D eigenvalue weighted by Gasteiger charge is -2.07. The maximum Gasteiger partial charge on any atom is 0.155 e. The fraction of sp³-hybridized carbons (Fsp3) is 0.269. The Bertz CT molecular complexity index is 1080. The van der Waals surface area contributed by atoms with Crippen LogP contribution in [-0.4, -0.2) is 15.7 Å². The van der Waals surface area contributed by atoms with E-state index in [0.29, 0.717) is 0 Å². The predicted octanol–water partition coefficient (Wildman–Crippen LogP) is 6.50. The molecule has 0 spiro atoms. The molecular formula is C26H29N3O. The molecule has 154 valence electrons. The third-order valence-electron chi connectivity index (χ3n) is 5.55. The van der Waals surface area contributed by atoms with Crippen molar-refractivity contribution < 1.29 is 4.74 Å². The summed E-state index contributed by atoms with van der Waals surface area (Å²) in [6.45, 7) is 6.60. The van der Waals surface area contributed by atoms with E-state index < -0.39 is 0 Å². The second kappa shape index (κ2) is 9.04. The van der Waals surface area contributed by atoms with E-state index in [4.69, 9.17) is 9.73 Å². The summed E-state index contributed by atoms with van der Waals surface area (Å²) in [6, 6.07) is 13.9. The van der Waals surface area contributed by atoms with Gasteiger partial charge in [-0.25, -0.2) is 4.99 Å². The molecule has 0 amide bonds. The van der Waals surface area contributed by atoms with Crippen molar-refractivity contribution in [3.05, 3.63) is 94.4 Å². The highest BCUT2D eigenvalue weighted by molar-refractivity contribution is 6.11. The van der Waals surface area contributed by atoms with Crippen LogP contribution in [0.1, 0.15) is 54.4 Å². The number of hydrogen-bond acceptors (Lipinski definition) is 2. The standard InChI is InChI=1S/C26H29N3O/c1-4-5-7-13-21-18(2)23(28-19(21)3)16-25-26(30-20-11-8-6-9-12-20)17-24(29-25)22-14-10-15-27-22/h6,8-12,14-17,27-28H,4-5,7,13H2,1-3H3/b25-16-. The van der Waals surface area contributed by atoms with Gasteiger partial charge in [0.25, 0.3) is 0 Å². The Hall–Kier alpha value is -3.27. The molecule has 4 nitrogen and oxygen atoms in total. The Morgan fingerprint density at radius 1 is 1.03 bits per heavy atom. The Morgan fingerprint density at radius 3 is 2.60 bits per heavy atom. The largest absolute Gasteiger partial charge is 0.455 e. The number of benzene rings is 1. The van der Waals surface area contributed by atoms with Crippen LogP contribution in [0.25, 0.3) is 6.08 Å². The molecule has 0 unspecified atom stereocenters. The minimum atomic E-state index is 0.755. The van der Waals surface area contributed by atoms with E-state index in [9.17, 15) is 0 Å². The monoisotopic (exact) mass is 399 g/mol. The molecule has 1 aliphatic heterocycles. The van der Waals surface area contributed by atoms with Crippen molar-refractivity contribution >= 4 is 11.8 Å². The molecule has 2 aromatic heterocycles. The molecule has 4 heteroatoms.